The number of hydrogen-bond donors (Lipinski definition) is 1. The number of fused-ring (bicyclic) bond motifs is 4. The molecule has 14 nitrogen and oxygen atoms in total. The van der Waals surface area contributed by atoms with Crippen molar-refractivity contribution >= 4 is 35.8 Å². The number of rotatable bonds is 6. The number of ether oxygens (including phenoxy) is 7. The largest absolute Gasteiger partial charge is 0.462 e. The van der Waals surface area contributed by atoms with Crippen molar-refractivity contribution < 1.29 is 67.0 Å². The van der Waals surface area contributed by atoms with E-state index < -0.39 is 100 Å². The van der Waals surface area contributed by atoms with Gasteiger partial charge in [-0.3, -0.25) is 28.8 Å². The molecule has 1 saturated heterocycles. The molecule has 1 heterocycles. The first-order valence-electron chi connectivity index (χ1n) is 15.2. The SMILES string of the molecule is CC(=O)OC1C[C@@]2(OC(C)=O)C(OC(C)=O)[C@H]3[C@@](C)(C(OC(C)=O)CC(O)[C@@]34CO4)C(OC(C)=O)C(OC(C)=O)C(=C1C)C2(C)C. The molecule has 1 aliphatic heterocycles. The van der Waals surface area contributed by atoms with E-state index in [1.807, 2.05) is 0 Å². The molecule has 2 saturated carbocycles. The van der Waals surface area contributed by atoms with E-state index in [0.29, 0.717) is 5.57 Å². The van der Waals surface area contributed by atoms with E-state index in [9.17, 15) is 33.9 Å². The van der Waals surface area contributed by atoms with Gasteiger partial charge in [0, 0.05) is 65.7 Å². The molecule has 256 valence electrons. The minimum absolute atomic E-state index is 0.0460. The minimum atomic E-state index is -1.87. The Morgan fingerprint density at radius 1 is 0.739 bits per heavy atom. The Balaban J connectivity index is 2.26. The normalized spacial score (nSPS) is 39.1. The van der Waals surface area contributed by atoms with Crippen LogP contribution in [0.4, 0.5) is 0 Å². The second-order valence-electron chi connectivity index (χ2n) is 13.5. The zero-order valence-electron chi connectivity index (χ0n) is 27.9. The molecule has 0 amide bonds. The number of esters is 6. The van der Waals surface area contributed by atoms with Crippen LogP contribution in [0, 0.1) is 16.7 Å². The summed E-state index contributed by atoms with van der Waals surface area (Å²) in [5, 5.41) is 11.6. The first-order chi connectivity index (χ1) is 21.1. The zero-order chi connectivity index (χ0) is 34.7. The second-order valence-corrected chi connectivity index (χ2v) is 13.5. The van der Waals surface area contributed by atoms with Crippen molar-refractivity contribution in [1.29, 1.82) is 0 Å². The number of carbonyl (C=O) groups excluding carboxylic acids is 6. The van der Waals surface area contributed by atoms with E-state index in [4.69, 9.17) is 33.2 Å². The fraction of sp³-hybridized carbons (Fsp3) is 0.750. The smallest absolute Gasteiger partial charge is 0.303 e. The molecule has 0 aromatic heterocycles. The van der Waals surface area contributed by atoms with Gasteiger partial charge < -0.3 is 38.3 Å². The molecule has 1 N–H and O–H groups in total. The van der Waals surface area contributed by atoms with Gasteiger partial charge in [0.15, 0.2) is 17.8 Å². The molecule has 10 atom stereocenters. The number of hydrogen-bond acceptors (Lipinski definition) is 14. The summed E-state index contributed by atoms with van der Waals surface area (Å²) in [5.74, 6) is -5.71. The third-order valence-corrected chi connectivity index (χ3v) is 10.3. The van der Waals surface area contributed by atoms with Gasteiger partial charge in [-0.2, -0.15) is 0 Å². The van der Waals surface area contributed by atoms with Crippen LogP contribution in [0.3, 0.4) is 0 Å². The molecule has 1 spiro atoms. The van der Waals surface area contributed by atoms with Crippen molar-refractivity contribution in [1.82, 2.24) is 0 Å². The van der Waals surface area contributed by atoms with Crippen LogP contribution in [-0.4, -0.2) is 95.4 Å². The molecule has 3 aliphatic carbocycles. The van der Waals surface area contributed by atoms with Crippen molar-refractivity contribution in [3.8, 4) is 0 Å². The Hall–Kier alpha value is -3.52. The molecule has 4 rings (SSSR count). The first-order valence-corrected chi connectivity index (χ1v) is 15.2. The number of aliphatic hydroxyl groups excluding tert-OH is 1. The lowest BCUT2D eigenvalue weighted by atomic mass is 9.45. The van der Waals surface area contributed by atoms with Gasteiger partial charge in [0.25, 0.3) is 0 Å². The van der Waals surface area contributed by atoms with Gasteiger partial charge in [-0.1, -0.05) is 20.8 Å². The minimum Gasteiger partial charge on any atom is -0.462 e. The number of epoxide rings is 1. The average Bonchev–Trinajstić information content (AvgIpc) is 3.67. The summed E-state index contributed by atoms with van der Waals surface area (Å²) >= 11 is 0. The van der Waals surface area contributed by atoms with Crippen LogP contribution >= 0.6 is 0 Å². The van der Waals surface area contributed by atoms with Crippen LogP contribution < -0.4 is 0 Å². The fourth-order valence-corrected chi connectivity index (χ4v) is 8.56. The zero-order valence-corrected chi connectivity index (χ0v) is 27.9. The first kappa shape index (κ1) is 35.3. The van der Waals surface area contributed by atoms with Crippen LogP contribution in [0.25, 0.3) is 0 Å². The Labute approximate surface area is 267 Å². The van der Waals surface area contributed by atoms with Gasteiger partial charge in [-0.05, 0) is 18.1 Å². The molecular formula is C32H44O14. The van der Waals surface area contributed by atoms with Crippen LogP contribution in [0.5, 0.6) is 0 Å². The van der Waals surface area contributed by atoms with Crippen molar-refractivity contribution in [3.63, 3.8) is 0 Å². The van der Waals surface area contributed by atoms with Gasteiger partial charge in [0.05, 0.1) is 18.1 Å². The maximum Gasteiger partial charge on any atom is 0.303 e. The highest BCUT2D eigenvalue weighted by Gasteiger charge is 2.80. The van der Waals surface area contributed by atoms with E-state index in [1.54, 1.807) is 27.7 Å². The third-order valence-electron chi connectivity index (χ3n) is 10.3. The van der Waals surface area contributed by atoms with Crippen LogP contribution in [0.1, 0.15) is 82.1 Å². The lowest BCUT2D eigenvalue weighted by Crippen LogP contribution is -2.77. The summed E-state index contributed by atoms with van der Waals surface area (Å²) in [7, 11) is 0. The summed E-state index contributed by atoms with van der Waals surface area (Å²) in [6.45, 7) is 13.7. The topological polar surface area (TPSA) is 191 Å². The molecule has 0 aromatic carbocycles. The summed E-state index contributed by atoms with van der Waals surface area (Å²) in [5.41, 5.74) is -5.67. The highest BCUT2D eigenvalue weighted by Crippen LogP contribution is 2.67. The Morgan fingerprint density at radius 2 is 1.24 bits per heavy atom. The number of carbonyl (C=O) groups is 6. The van der Waals surface area contributed by atoms with Gasteiger partial charge in [0.1, 0.15) is 23.9 Å². The maximum absolute atomic E-state index is 13.1. The molecule has 2 bridgehead atoms. The lowest BCUT2D eigenvalue weighted by Gasteiger charge is -2.65. The predicted molar refractivity (Wildman–Crippen MR) is 154 cm³/mol. The molecule has 46 heavy (non-hydrogen) atoms. The molecule has 14 heteroatoms. The molecule has 0 radical (unpaired) electrons. The lowest BCUT2D eigenvalue weighted by molar-refractivity contribution is -0.287. The van der Waals surface area contributed by atoms with Crippen molar-refractivity contribution in [2.45, 2.75) is 130 Å². The number of aliphatic hydroxyl groups is 1. The van der Waals surface area contributed by atoms with Gasteiger partial charge in [-0.25, -0.2) is 0 Å². The standard InChI is InChI=1S/C32H44O14/c1-14-21(41-15(2)33)12-32(46-20(7)38)28(45-19(6)37)26-30(10,23(42-16(3)34)11-22(39)31(26)13-40-31)27(44-18(5)36)25(43-17(4)35)24(14)29(32,8)9/h21-23,25-28,39H,11-13H2,1-10H3/t21?,22?,23?,25?,26-,27?,28?,30+,31-,32+/m0/s1. The third kappa shape index (κ3) is 5.56. The van der Waals surface area contributed by atoms with Gasteiger partial charge >= 0.3 is 35.8 Å². The van der Waals surface area contributed by atoms with Crippen molar-refractivity contribution in [3.05, 3.63) is 11.1 Å². The summed E-state index contributed by atoms with van der Waals surface area (Å²) in [4.78, 5) is 77.0. The van der Waals surface area contributed by atoms with E-state index in [1.165, 1.54) is 27.7 Å². The van der Waals surface area contributed by atoms with Gasteiger partial charge in [0.2, 0.25) is 0 Å². The fourth-order valence-electron chi connectivity index (χ4n) is 8.56. The summed E-state index contributed by atoms with van der Waals surface area (Å²) in [6.07, 6.45) is -8.36. The highest BCUT2D eigenvalue weighted by atomic mass is 16.6. The molecule has 4 aliphatic rings. The Morgan fingerprint density at radius 3 is 1.70 bits per heavy atom. The van der Waals surface area contributed by atoms with E-state index in [2.05, 4.69) is 0 Å². The molecule has 3 fully saturated rings. The molecule has 0 aromatic rings. The van der Waals surface area contributed by atoms with Crippen LogP contribution in [0.15, 0.2) is 11.1 Å². The molecular weight excluding hydrogens is 608 g/mol. The highest BCUT2D eigenvalue weighted by molar-refractivity contribution is 5.71. The van der Waals surface area contributed by atoms with E-state index >= 15 is 0 Å². The van der Waals surface area contributed by atoms with E-state index in [0.717, 1.165) is 13.8 Å². The van der Waals surface area contributed by atoms with Crippen molar-refractivity contribution in [2.75, 3.05) is 6.61 Å². The summed E-state index contributed by atoms with van der Waals surface area (Å²) < 4.78 is 42.1. The Kier molecular flexibility index (Phi) is 9.16. The quantitative estimate of drug-likeness (QED) is 0.189. The predicted octanol–water partition coefficient (Wildman–Crippen LogP) is 1.86. The molecule has 6 unspecified atom stereocenters. The van der Waals surface area contributed by atoms with Crippen molar-refractivity contribution in [2.24, 2.45) is 16.7 Å². The van der Waals surface area contributed by atoms with Gasteiger partial charge in [-0.15, -0.1) is 0 Å². The second kappa shape index (κ2) is 11.9. The van der Waals surface area contributed by atoms with Crippen LogP contribution in [-0.2, 0) is 61.9 Å². The average molecular weight is 653 g/mol. The summed E-state index contributed by atoms with van der Waals surface area (Å²) in [6, 6.07) is 0. The monoisotopic (exact) mass is 652 g/mol. The maximum atomic E-state index is 13.1. The van der Waals surface area contributed by atoms with Crippen LogP contribution in [0.2, 0.25) is 0 Å². The Bertz CT molecular complexity index is 1360. The van der Waals surface area contributed by atoms with E-state index in [-0.39, 0.29) is 25.0 Å².